The fourth-order valence-corrected chi connectivity index (χ4v) is 3.04. The summed E-state index contributed by atoms with van der Waals surface area (Å²) in [4.78, 5) is 12.9. The number of alkyl halides is 3. The van der Waals surface area contributed by atoms with Crippen LogP contribution in [0.25, 0.3) is 0 Å². The number of carbonyl (C=O) groups is 1. The first-order valence-corrected chi connectivity index (χ1v) is 7.42. The van der Waals surface area contributed by atoms with E-state index in [9.17, 15) is 23.1 Å². The number of halogens is 3. The summed E-state index contributed by atoms with van der Waals surface area (Å²) in [5.74, 6) is -0.964. The molecule has 0 aromatic heterocycles. The molecule has 1 fully saturated rings. The van der Waals surface area contributed by atoms with Crippen molar-refractivity contribution < 1.29 is 23.1 Å². The van der Waals surface area contributed by atoms with E-state index in [1.165, 1.54) is 4.90 Å². The third-order valence-electron chi connectivity index (χ3n) is 4.11. The average Bonchev–Trinajstić information content (AvgIpc) is 2.77. The van der Waals surface area contributed by atoms with Gasteiger partial charge in [0.15, 0.2) is 0 Å². The van der Waals surface area contributed by atoms with E-state index >= 15 is 0 Å². The molecule has 0 bridgehead atoms. The number of aliphatic carboxylic acids is 1. The van der Waals surface area contributed by atoms with E-state index in [2.05, 4.69) is 5.32 Å². The Bertz CT molecular complexity index is 361. The van der Waals surface area contributed by atoms with Crippen LogP contribution in [-0.4, -0.2) is 52.9 Å². The Hall–Kier alpha value is -0.820. The molecule has 1 aliphatic carbocycles. The summed E-state index contributed by atoms with van der Waals surface area (Å²) in [7, 11) is 0. The molecule has 0 amide bonds. The molecule has 124 valence electrons. The maximum atomic E-state index is 12.7. The number of carboxylic acid groups (broad SMARTS) is 1. The van der Waals surface area contributed by atoms with Crippen LogP contribution in [0.2, 0.25) is 0 Å². The first kappa shape index (κ1) is 18.2. The van der Waals surface area contributed by atoms with Crippen LogP contribution < -0.4 is 5.32 Å². The molecule has 21 heavy (non-hydrogen) atoms. The molecule has 0 aliphatic heterocycles. The van der Waals surface area contributed by atoms with Gasteiger partial charge in [-0.1, -0.05) is 6.92 Å². The zero-order valence-electron chi connectivity index (χ0n) is 12.8. The molecule has 0 radical (unpaired) electrons. The molecule has 7 heteroatoms. The van der Waals surface area contributed by atoms with E-state index in [0.717, 1.165) is 6.42 Å². The van der Waals surface area contributed by atoms with E-state index in [0.29, 0.717) is 19.4 Å². The molecule has 0 aromatic carbocycles. The highest BCUT2D eigenvalue weighted by Crippen LogP contribution is 2.35. The second-order valence-electron chi connectivity index (χ2n) is 6.09. The predicted molar refractivity (Wildman–Crippen MR) is 74.2 cm³/mol. The number of carboxylic acids is 1. The van der Waals surface area contributed by atoms with E-state index in [1.54, 1.807) is 13.8 Å². The second-order valence-corrected chi connectivity index (χ2v) is 6.09. The average molecular weight is 310 g/mol. The van der Waals surface area contributed by atoms with Gasteiger partial charge < -0.3 is 10.4 Å². The van der Waals surface area contributed by atoms with Crippen molar-refractivity contribution >= 4 is 5.97 Å². The van der Waals surface area contributed by atoms with Gasteiger partial charge in [-0.15, -0.1) is 0 Å². The summed E-state index contributed by atoms with van der Waals surface area (Å²) in [6.45, 7) is 4.93. The fourth-order valence-electron chi connectivity index (χ4n) is 3.04. The van der Waals surface area contributed by atoms with Crippen molar-refractivity contribution in [2.75, 3.05) is 13.1 Å². The highest BCUT2D eigenvalue weighted by atomic mass is 19.4. The van der Waals surface area contributed by atoms with E-state index in [1.807, 2.05) is 6.92 Å². The van der Waals surface area contributed by atoms with E-state index < -0.39 is 24.2 Å². The molecule has 1 aliphatic rings. The standard InChI is InChI=1S/C14H25F3N2O2/c1-4-7-18-13(12(20)21)6-5-11(8-13)19(10(2)3)9-14(15,16)17/h10-11,18H,4-9H2,1-3H3,(H,20,21). The van der Waals surface area contributed by atoms with Crippen molar-refractivity contribution in [1.29, 1.82) is 0 Å². The van der Waals surface area contributed by atoms with Crippen molar-refractivity contribution in [2.24, 2.45) is 0 Å². The van der Waals surface area contributed by atoms with Crippen LogP contribution in [0.5, 0.6) is 0 Å². The normalized spacial score (nSPS) is 26.8. The third kappa shape index (κ3) is 4.85. The van der Waals surface area contributed by atoms with Crippen LogP contribution >= 0.6 is 0 Å². The van der Waals surface area contributed by atoms with Crippen molar-refractivity contribution in [3.05, 3.63) is 0 Å². The minimum atomic E-state index is -4.27. The molecule has 2 unspecified atom stereocenters. The molecule has 4 nitrogen and oxygen atoms in total. The fraction of sp³-hybridized carbons (Fsp3) is 0.929. The molecule has 1 saturated carbocycles. The number of nitrogens with one attached hydrogen (secondary N) is 1. The Kier molecular flexibility index (Phi) is 6.04. The Balaban J connectivity index is 2.82. The lowest BCUT2D eigenvalue weighted by Crippen LogP contribution is -2.52. The SMILES string of the molecule is CCCNC1(C(=O)O)CCC(N(CC(F)(F)F)C(C)C)C1. The van der Waals surface area contributed by atoms with Gasteiger partial charge in [-0.3, -0.25) is 9.69 Å². The molecule has 0 heterocycles. The van der Waals surface area contributed by atoms with Crippen LogP contribution in [0.1, 0.15) is 46.5 Å². The maximum absolute atomic E-state index is 12.7. The first-order valence-electron chi connectivity index (χ1n) is 7.42. The Morgan fingerprint density at radius 3 is 2.52 bits per heavy atom. The molecule has 0 spiro atoms. The van der Waals surface area contributed by atoms with Gasteiger partial charge in [0.1, 0.15) is 5.54 Å². The number of hydrogen-bond acceptors (Lipinski definition) is 3. The van der Waals surface area contributed by atoms with Crippen LogP contribution in [-0.2, 0) is 4.79 Å². The minimum absolute atomic E-state index is 0.219. The van der Waals surface area contributed by atoms with E-state index in [-0.39, 0.29) is 18.5 Å². The monoisotopic (exact) mass is 310 g/mol. The van der Waals surface area contributed by atoms with Crippen molar-refractivity contribution in [3.8, 4) is 0 Å². The van der Waals surface area contributed by atoms with Gasteiger partial charge in [-0.25, -0.2) is 0 Å². The lowest BCUT2D eigenvalue weighted by molar-refractivity contribution is -0.155. The zero-order valence-corrected chi connectivity index (χ0v) is 12.8. The molecule has 1 rings (SSSR count). The zero-order chi connectivity index (χ0) is 16.3. The van der Waals surface area contributed by atoms with Gasteiger partial charge >= 0.3 is 12.1 Å². The van der Waals surface area contributed by atoms with Crippen molar-refractivity contribution in [3.63, 3.8) is 0 Å². The number of rotatable bonds is 7. The van der Waals surface area contributed by atoms with Crippen LogP contribution in [0.3, 0.4) is 0 Å². The van der Waals surface area contributed by atoms with Gasteiger partial charge in [0.25, 0.3) is 0 Å². The van der Waals surface area contributed by atoms with Gasteiger partial charge in [0.05, 0.1) is 6.54 Å². The Morgan fingerprint density at radius 1 is 1.48 bits per heavy atom. The Morgan fingerprint density at radius 2 is 2.10 bits per heavy atom. The van der Waals surface area contributed by atoms with Gasteiger partial charge in [0.2, 0.25) is 0 Å². The third-order valence-corrected chi connectivity index (χ3v) is 4.11. The van der Waals surface area contributed by atoms with Gasteiger partial charge in [-0.2, -0.15) is 13.2 Å². The van der Waals surface area contributed by atoms with Crippen LogP contribution in [0.4, 0.5) is 13.2 Å². The van der Waals surface area contributed by atoms with Crippen LogP contribution in [0.15, 0.2) is 0 Å². The summed E-state index contributed by atoms with van der Waals surface area (Å²) in [5, 5.41) is 12.5. The molecule has 0 aromatic rings. The highest BCUT2D eigenvalue weighted by Gasteiger charge is 2.48. The predicted octanol–water partition coefficient (Wildman–Crippen LogP) is 2.63. The highest BCUT2D eigenvalue weighted by molar-refractivity contribution is 5.79. The second kappa shape index (κ2) is 6.96. The first-order chi connectivity index (χ1) is 9.61. The number of hydrogen-bond donors (Lipinski definition) is 2. The summed E-state index contributed by atoms with van der Waals surface area (Å²) in [5.41, 5.74) is -1.08. The summed E-state index contributed by atoms with van der Waals surface area (Å²) in [6.07, 6.45) is -2.42. The Labute approximate surface area is 123 Å². The van der Waals surface area contributed by atoms with E-state index in [4.69, 9.17) is 0 Å². The summed E-state index contributed by atoms with van der Waals surface area (Å²) >= 11 is 0. The smallest absolute Gasteiger partial charge is 0.401 e. The summed E-state index contributed by atoms with van der Waals surface area (Å²) in [6, 6.07) is -0.625. The lowest BCUT2D eigenvalue weighted by Gasteiger charge is -2.34. The molecular weight excluding hydrogens is 285 g/mol. The summed E-state index contributed by atoms with van der Waals surface area (Å²) < 4.78 is 38.1. The lowest BCUT2D eigenvalue weighted by atomic mass is 9.97. The number of nitrogens with zero attached hydrogens (tertiary/aromatic N) is 1. The van der Waals surface area contributed by atoms with Crippen molar-refractivity contribution in [2.45, 2.75) is 70.3 Å². The van der Waals surface area contributed by atoms with Gasteiger partial charge in [-0.05, 0) is 46.1 Å². The van der Waals surface area contributed by atoms with Crippen LogP contribution in [0, 0.1) is 0 Å². The molecule has 2 atom stereocenters. The minimum Gasteiger partial charge on any atom is -0.480 e. The van der Waals surface area contributed by atoms with Gasteiger partial charge in [0, 0.05) is 12.1 Å². The topological polar surface area (TPSA) is 52.6 Å². The largest absolute Gasteiger partial charge is 0.480 e. The molecule has 0 saturated heterocycles. The maximum Gasteiger partial charge on any atom is 0.401 e. The molecule has 2 N–H and O–H groups in total. The molecular formula is C14H25F3N2O2. The quantitative estimate of drug-likeness (QED) is 0.759. The van der Waals surface area contributed by atoms with Crippen molar-refractivity contribution in [1.82, 2.24) is 10.2 Å².